The lowest BCUT2D eigenvalue weighted by Crippen LogP contribution is -2.00. The molecule has 5 nitrogen and oxygen atoms in total. The molecule has 1 N–H and O–H groups in total. The van der Waals surface area contributed by atoms with E-state index in [1.54, 1.807) is 19.2 Å². The SMILES string of the molecule is CC(O)c1c(F)cccc1Sc1nnnn1C. The summed E-state index contributed by atoms with van der Waals surface area (Å²) in [6, 6.07) is 4.64. The molecule has 1 unspecified atom stereocenters. The minimum Gasteiger partial charge on any atom is -0.389 e. The van der Waals surface area contributed by atoms with Gasteiger partial charge in [-0.1, -0.05) is 6.07 Å². The number of aliphatic hydroxyl groups excluding tert-OH is 1. The molecule has 0 saturated heterocycles. The first-order chi connectivity index (χ1) is 8.09. The number of halogens is 1. The van der Waals surface area contributed by atoms with E-state index < -0.39 is 11.9 Å². The van der Waals surface area contributed by atoms with Crippen LogP contribution in [0.3, 0.4) is 0 Å². The van der Waals surface area contributed by atoms with Gasteiger partial charge in [-0.25, -0.2) is 9.07 Å². The average Bonchev–Trinajstić information content (AvgIpc) is 2.64. The molecule has 1 aromatic carbocycles. The van der Waals surface area contributed by atoms with Gasteiger partial charge in [0.05, 0.1) is 6.10 Å². The van der Waals surface area contributed by atoms with Gasteiger partial charge in [0.25, 0.3) is 0 Å². The number of aliphatic hydroxyl groups is 1. The third-order valence-corrected chi connectivity index (χ3v) is 3.32. The van der Waals surface area contributed by atoms with Crippen LogP contribution in [0, 0.1) is 5.82 Å². The van der Waals surface area contributed by atoms with Gasteiger partial charge in [-0.15, -0.1) is 5.10 Å². The summed E-state index contributed by atoms with van der Waals surface area (Å²) >= 11 is 1.22. The number of hydrogen-bond acceptors (Lipinski definition) is 5. The van der Waals surface area contributed by atoms with E-state index >= 15 is 0 Å². The van der Waals surface area contributed by atoms with Gasteiger partial charge in [0.1, 0.15) is 5.82 Å². The van der Waals surface area contributed by atoms with Gasteiger partial charge in [0.2, 0.25) is 5.16 Å². The van der Waals surface area contributed by atoms with Crippen LogP contribution in [-0.2, 0) is 7.05 Å². The maximum Gasteiger partial charge on any atom is 0.213 e. The van der Waals surface area contributed by atoms with Crippen LogP contribution in [0.1, 0.15) is 18.6 Å². The zero-order valence-electron chi connectivity index (χ0n) is 9.33. The minimum absolute atomic E-state index is 0.264. The summed E-state index contributed by atoms with van der Waals surface area (Å²) in [6.07, 6.45) is -0.875. The molecule has 17 heavy (non-hydrogen) atoms. The summed E-state index contributed by atoms with van der Waals surface area (Å²) in [7, 11) is 1.70. The number of aromatic nitrogens is 4. The molecule has 1 heterocycles. The van der Waals surface area contributed by atoms with Crippen molar-refractivity contribution in [3.63, 3.8) is 0 Å². The monoisotopic (exact) mass is 254 g/mol. The molecule has 2 rings (SSSR count). The van der Waals surface area contributed by atoms with Crippen LogP contribution >= 0.6 is 11.8 Å². The highest BCUT2D eigenvalue weighted by atomic mass is 32.2. The van der Waals surface area contributed by atoms with Crippen molar-refractivity contribution in [1.29, 1.82) is 0 Å². The predicted molar refractivity (Wildman–Crippen MR) is 60.0 cm³/mol. The Morgan fingerprint density at radius 3 is 2.82 bits per heavy atom. The highest BCUT2D eigenvalue weighted by Gasteiger charge is 2.16. The second-order valence-corrected chi connectivity index (χ2v) is 4.52. The first-order valence-electron chi connectivity index (χ1n) is 4.96. The number of aryl methyl sites for hydroxylation is 1. The molecule has 0 aliphatic heterocycles. The van der Waals surface area contributed by atoms with E-state index in [4.69, 9.17) is 0 Å². The van der Waals surface area contributed by atoms with Gasteiger partial charge in [0, 0.05) is 17.5 Å². The Balaban J connectivity index is 2.39. The lowest BCUT2D eigenvalue weighted by Gasteiger charge is -2.11. The topological polar surface area (TPSA) is 63.8 Å². The van der Waals surface area contributed by atoms with Crippen LogP contribution in [0.25, 0.3) is 0 Å². The van der Waals surface area contributed by atoms with Crippen LogP contribution in [0.4, 0.5) is 4.39 Å². The van der Waals surface area contributed by atoms with Gasteiger partial charge in [-0.2, -0.15) is 0 Å². The van der Waals surface area contributed by atoms with Gasteiger partial charge in [-0.3, -0.25) is 0 Å². The summed E-state index contributed by atoms with van der Waals surface area (Å²) < 4.78 is 15.1. The molecule has 0 aliphatic carbocycles. The second-order valence-electron chi connectivity index (χ2n) is 3.51. The minimum atomic E-state index is -0.875. The highest BCUT2D eigenvalue weighted by molar-refractivity contribution is 7.99. The second kappa shape index (κ2) is 4.80. The van der Waals surface area contributed by atoms with Crippen molar-refractivity contribution in [2.24, 2.45) is 7.05 Å². The third-order valence-electron chi connectivity index (χ3n) is 2.21. The van der Waals surface area contributed by atoms with E-state index in [1.807, 2.05) is 0 Å². The summed E-state index contributed by atoms with van der Waals surface area (Å²) in [5.41, 5.74) is 0.264. The van der Waals surface area contributed by atoms with E-state index in [-0.39, 0.29) is 5.56 Å². The van der Waals surface area contributed by atoms with Crippen LogP contribution in [0.5, 0.6) is 0 Å². The fourth-order valence-corrected chi connectivity index (χ4v) is 2.39. The molecular formula is C10H11FN4OS. The number of nitrogens with zero attached hydrogens (tertiary/aromatic N) is 4. The molecule has 0 saturated carbocycles. The highest BCUT2D eigenvalue weighted by Crippen LogP contribution is 2.33. The van der Waals surface area contributed by atoms with Crippen LogP contribution < -0.4 is 0 Å². The number of hydrogen-bond donors (Lipinski definition) is 1. The Bertz CT molecular complexity index is 529. The van der Waals surface area contributed by atoms with Gasteiger partial charge < -0.3 is 5.11 Å². The molecule has 0 spiro atoms. The first kappa shape index (κ1) is 12.0. The number of benzene rings is 1. The Labute approximate surface area is 102 Å². The zero-order valence-corrected chi connectivity index (χ0v) is 10.1. The normalized spacial score (nSPS) is 12.7. The standard InChI is InChI=1S/C10H11FN4OS/c1-6(16)9-7(11)4-3-5-8(9)17-10-12-13-14-15(10)2/h3-6,16H,1-2H3. The summed E-state index contributed by atoms with van der Waals surface area (Å²) in [5.74, 6) is -0.430. The van der Waals surface area contributed by atoms with Gasteiger partial charge >= 0.3 is 0 Å². The van der Waals surface area contributed by atoms with Crippen LogP contribution in [0.15, 0.2) is 28.3 Å². The largest absolute Gasteiger partial charge is 0.389 e. The molecule has 7 heteroatoms. The van der Waals surface area contributed by atoms with E-state index in [9.17, 15) is 9.50 Å². The Morgan fingerprint density at radius 2 is 2.24 bits per heavy atom. The van der Waals surface area contributed by atoms with Crippen LogP contribution in [-0.4, -0.2) is 25.3 Å². The van der Waals surface area contributed by atoms with E-state index in [2.05, 4.69) is 15.5 Å². The van der Waals surface area contributed by atoms with Gasteiger partial charge in [-0.05, 0) is 41.2 Å². The third kappa shape index (κ3) is 2.45. The van der Waals surface area contributed by atoms with E-state index in [1.165, 1.54) is 29.4 Å². The molecule has 0 amide bonds. The van der Waals surface area contributed by atoms with Crippen molar-refractivity contribution in [2.45, 2.75) is 23.1 Å². The van der Waals surface area contributed by atoms with E-state index in [0.29, 0.717) is 10.1 Å². The maximum absolute atomic E-state index is 13.6. The van der Waals surface area contributed by atoms with E-state index in [0.717, 1.165) is 0 Å². The average molecular weight is 254 g/mol. The summed E-state index contributed by atoms with van der Waals surface area (Å²) in [5, 5.41) is 21.1. The molecule has 0 aliphatic rings. The van der Waals surface area contributed by atoms with Crippen molar-refractivity contribution in [3.8, 4) is 0 Å². The fourth-order valence-electron chi connectivity index (χ4n) is 1.42. The number of rotatable bonds is 3. The maximum atomic E-state index is 13.6. The summed E-state index contributed by atoms with van der Waals surface area (Å²) in [4.78, 5) is 0.609. The zero-order chi connectivity index (χ0) is 12.4. The molecule has 1 atom stereocenters. The lowest BCUT2D eigenvalue weighted by atomic mass is 10.1. The molecular weight excluding hydrogens is 243 g/mol. The first-order valence-corrected chi connectivity index (χ1v) is 5.78. The Hall–Kier alpha value is -1.47. The smallest absolute Gasteiger partial charge is 0.213 e. The summed E-state index contributed by atoms with van der Waals surface area (Å²) in [6.45, 7) is 1.53. The quantitative estimate of drug-likeness (QED) is 0.900. The number of tetrazole rings is 1. The van der Waals surface area contributed by atoms with Crippen LogP contribution in [0.2, 0.25) is 0 Å². The molecule has 1 aromatic heterocycles. The molecule has 0 bridgehead atoms. The Kier molecular flexibility index (Phi) is 3.39. The molecule has 2 aromatic rings. The Morgan fingerprint density at radius 1 is 1.47 bits per heavy atom. The molecule has 0 fully saturated rings. The van der Waals surface area contributed by atoms with Crippen molar-refractivity contribution in [2.75, 3.05) is 0 Å². The van der Waals surface area contributed by atoms with Crippen molar-refractivity contribution >= 4 is 11.8 Å². The van der Waals surface area contributed by atoms with Crippen molar-refractivity contribution < 1.29 is 9.50 Å². The fraction of sp³-hybridized carbons (Fsp3) is 0.300. The molecule has 0 radical (unpaired) electrons. The van der Waals surface area contributed by atoms with Gasteiger partial charge in [0.15, 0.2) is 0 Å². The molecule has 90 valence electrons. The predicted octanol–water partition coefficient (Wildman–Crippen LogP) is 1.55. The van der Waals surface area contributed by atoms with Crippen molar-refractivity contribution in [3.05, 3.63) is 29.6 Å². The lowest BCUT2D eigenvalue weighted by molar-refractivity contribution is 0.191. The van der Waals surface area contributed by atoms with Crippen molar-refractivity contribution in [1.82, 2.24) is 20.2 Å².